The smallest absolute Gasteiger partial charge is 0.376 e. The zero-order valence-corrected chi connectivity index (χ0v) is 12.4. The Morgan fingerprint density at radius 1 is 1.24 bits per heavy atom. The molecule has 0 heterocycles. The Morgan fingerprint density at radius 2 is 1.90 bits per heavy atom. The van der Waals surface area contributed by atoms with Gasteiger partial charge >= 0.3 is 6.18 Å². The highest BCUT2D eigenvalue weighted by Crippen LogP contribution is 2.39. The lowest BCUT2D eigenvalue weighted by Crippen LogP contribution is -2.39. The van der Waals surface area contributed by atoms with Crippen molar-refractivity contribution >= 4 is 0 Å². The van der Waals surface area contributed by atoms with Crippen molar-refractivity contribution < 1.29 is 17.9 Å². The number of hydrogen-bond acceptors (Lipinski definition) is 2. The SMILES string of the molecule is CCNC1c2ccccc2C(C)CC1OCCC(F)(F)F. The Kier molecular flexibility index (Phi) is 5.27. The summed E-state index contributed by atoms with van der Waals surface area (Å²) in [6.45, 7) is 4.58. The quantitative estimate of drug-likeness (QED) is 0.881. The lowest BCUT2D eigenvalue weighted by Gasteiger charge is -2.37. The van der Waals surface area contributed by atoms with E-state index >= 15 is 0 Å². The van der Waals surface area contributed by atoms with Gasteiger partial charge in [0, 0.05) is 0 Å². The van der Waals surface area contributed by atoms with E-state index in [1.54, 1.807) is 0 Å². The van der Waals surface area contributed by atoms with Gasteiger partial charge in [0.15, 0.2) is 0 Å². The van der Waals surface area contributed by atoms with Crippen LogP contribution in [0.3, 0.4) is 0 Å². The monoisotopic (exact) mass is 301 g/mol. The van der Waals surface area contributed by atoms with E-state index in [1.807, 2.05) is 25.1 Å². The minimum Gasteiger partial charge on any atom is -0.376 e. The van der Waals surface area contributed by atoms with Crippen molar-refractivity contribution in [1.29, 1.82) is 0 Å². The molecular weight excluding hydrogens is 279 g/mol. The number of alkyl halides is 3. The van der Waals surface area contributed by atoms with Crippen LogP contribution in [0.5, 0.6) is 0 Å². The minimum absolute atomic E-state index is 0.0318. The second-order valence-corrected chi connectivity index (χ2v) is 5.58. The lowest BCUT2D eigenvalue weighted by molar-refractivity contribution is -0.151. The number of benzene rings is 1. The van der Waals surface area contributed by atoms with E-state index in [0.29, 0.717) is 5.92 Å². The molecule has 1 aliphatic carbocycles. The van der Waals surface area contributed by atoms with Gasteiger partial charge in [-0.25, -0.2) is 0 Å². The normalized spacial score (nSPS) is 25.7. The fraction of sp³-hybridized carbons (Fsp3) is 0.625. The molecule has 0 radical (unpaired) electrons. The third-order valence-electron chi connectivity index (χ3n) is 3.96. The number of ether oxygens (including phenoxy) is 1. The van der Waals surface area contributed by atoms with E-state index in [0.717, 1.165) is 18.5 Å². The highest BCUT2D eigenvalue weighted by molar-refractivity contribution is 5.36. The van der Waals surface area contributed by atoms with E-state index in [9.17, 15) is 13.2 Å². The number of rotatable bonds is 5. The van der Waals surface area contributed by atoms with Crippen LogP contribution in [-0.4, -0.2) is 25.4 Å². The first kappa shape index (κ1) is 16.3. The summed E-state index contributed by atoms with van der Waals surface area (Å²) in [5.74, 6) is 0.298. The summed E-state index contributed by atoms with van der Waals surface area (Å²) in [5.41, 5.74) is 2.41. The fourth-order valence-electron chi connectivity index (χ4n) is 3.01. The average molecular weight is 301 g/mol. The molecular formula is C16H22F3NO. The first-order chi connectivity index (χ1) is 9.92. The zero-order valence-electron chi connectivity index (χ0n) is 12.4. The maximum absolute atomic E-state index is 12.3. The van der Waals surface area contributed by atoms with Crippen molar-refractivity contribution in [1.82, 2.24) is 5.32 Å². The van der Waals surface area contributed by atoms with Crippen LogP contribution in [0, 0.1) is 0 Å². The van der Waals surface area contributed by atoms with Gasteiger partial charge in [-0.05, 0) is 30.0 Å². The fourth-order valence-corrected chi connectivity index (χ4v) is 3.01. The highest BCUT2D eigenvalue weighted by atomic mass is 19.4. The van der Waals surface area contributed by atoms with E-state index in [4.69, 9.17) is 4.74 Å². The topological polar surface area (TPSA) is 21.3 Å². The zero-order chi connectivity index (χ0) is 15.5. The van der Waals surface area contributed by atoms with Crippen LogP contribution >= 0.6 is 0 Å². The van der Waals surface area contributed by atoms with Gasteiger partial charge in [-0.15, -0.1) is 0 Å². The molecule has 0 saturated carbocycles. The number of nitrogens with one attached hydrogen (secondary N) is 1. The molecule has 118 valence electrons. The van der Waals surface area contributed by atoms with E-state index < -0.39 is 12.6 Å². The van der Waals surface area contributed by atoms with Crippen molar-refractivity contribution in [3.05, 3.63) is 35.4 Å². The van der Waals surface area contributed by atoms with E-state index in [1.165, 1.54) is 5.56 Å². The first-order valence-corrected chi connectivity index (χ1v) is 7.43. The molecule has 0 fully saturated rings. The van der Waals surface area contributed by atoms with Gasteiger partial charge < -0.3 is 10.1 Å². The van der Waals surface area contributed by atoms with Crippen molar-refractivity contribution in [3.63, 3.8) is 0 Å². The summed E-state index contributed by atoms with van der Waals surface area (Å²) in [6.07, 6.45) is -4.52. The minimum atomic E-state index is -4.16. The van der Waals surface area contributed by atoms with Crippen LogP contribution in [0.25, 0.3) is 0 Å². The summed E-state index contributed by atoms with van der Waals surface area (Å²) in [5, 5.41) is 3.35. The predicted octanol–water partition coefficient (Wildman–Crippen LogP) is 4.18. The first-order valence-electron chi connectivity index (χ1n) is 7.43. The second kappa shape index (κ2) is 6.79. The van der Waals surface area contributed by atoms with Gasteiger partial charge in [-0.3, -0.25) is 0 Å². The summed E-state index contributed by atoms with van der Waals surface area (Å²) in [7, 11) is 0. The lowest BCUT2D eigenvalue weighted by atomic mass is 9.79. The van der Waals surface area contributed by atoms with Crippen molar-refractivity contribution in [2.75, 3.05) is 13.2 Å². The molecule has 0 bridgehead atoms. The summed E-state index contributed by atoms with van der Waals surface area (Å²) in [6, 6.07) is 8.07. The summed E-state index contributed by atoms with van der Waals surface area (Å²) in [4.78, 5) is 0. The standard InChI is InChI=1S/C16H22F3NO/c1-3-20-15-13-7-5-4-6-12(13)11(2)10-14(15)21-9-8-16(17,18)19/h4-7,11,14-15,20H,3,8-10H2,1-2H3. The molecule has 0 amide bonds. The maximum Gasteiger partial charge on any atom is 0.391 e. The molecule has 1 aliphatic rings. The molecule has 5 heteroatoms. The average Bonchev–Trinajstić information content (AvgIpc) is 2.42. The van der Waals surface area contributed by atoms with Gasteiger partial charge in [0.25, 0.3) is 0 Å². The van der Waals surface area contributed by atoms with Crippen LogP contribution in [-0.2, 0) is 4.74 Å². The van der Waals surface area contributed by atoms with Crippen LogP contribution in [0.4, 0.5) is 13.2 Å². The number of likely N-dealkylation sites (N-methyl/N-ethyl adjacent to an activating group) is 1. The number of fused-ring (bicyclic) bond motifs is 1. The predicted molar refractivity (Wildman–Crippen MR) is 76.3 cm³/mol. The van der Waals surface area contributed by atoms with Gasteiger partial charge in [-0.1, -0.05) is 38.1 Å². The van der Waals surface area contributed by atoms with Crippen LogP contribution in [0.1, 0.15) is 49.8 Å². The van der Waals surface area contributed by atoms with Gasteiger partial charge in [-0.2, -0.15) is 13.2 Å². The third kappa shape index (κ3) is 4.20. The van der Waals surface area contributed by atoms with Gasteiger partial charge in [0.2, 0.25) is 0 Å². The van der Waals surface area contributed by atoms with Gasteiger partial charge in [0.05, 0.1) is 25.2 Å². The molecule has 0 spiro atoms. The van der Waals surface area contributed by atoms with Crippen LogP contribution in [0.2, 0.25) is 0 Å². The molecule has 3 unspecified atom stereocenters. The molecule has 1 aromatic rings. The largest absolute Gasteiger partial charge is 0.391 e. The summed E-state index contributed by atoms with van der Waals surface area (Å²) < 4.78 is 42.4. The van der Waals surface area contributed by atoms with E-state index in [-0.39, 0.29) is 18.8 Å². The van der Waals surface area contributed by atoms with Crippen molar-refractivity contribution in [2.45, 2.75) is 50.9 Å². The number of halogens is 3. The maximum atomic E-state index is 12.3. The molecule has 3 atom stereocenters. The van der Waals surface area contributed by atoms with Crippen molar-refractivity contribution in [2.24, 2.45) is 0 Å². The Hall–Kier alpha value is -1.07. The Morgan fingerprint density at radius 3 is 2.52 bits per heavy atom. The molecule has 21 heavy (non-hydrogen) atoms. The van der Waals surface area contributed by atoms with Crippen molar-refractivity contribution in [3.8, 4) is 0 Å². The highest BCUT2D eigenvalue weighted by Gasteiger charge is 2.34. The van der Waals surface area contributed by atoms with Gasteiger partial charge in [0.1, 0.15) is 0 Å². The third-order valence-corrected chi connectivity index (χ3v) is 3.96. The molecule has 0 aliphatic heterocycles. The molecule has 0 aromatic heterocycles. The molecule has 1 N–H and O–H groups in total. The molecule has 0 saturated heterocycles. The Labute approximate surface area is 123 Å². The Bertz CT molecular complexity index is 461. The Balaban J connectivity index is 2.10. The van der Waals surface area contributed by atoms with E-state index in [2.05, 4.69) is 18.3 Å². The molecule has 2 nitrogen and oxygen atoms in total. The molecule has 1 aromatic carbocycles. The van der Waals surface area contributed by atoms with Crippen LogP contribution in [0.15, 0.2) is 24.3 Å². The molecule has 2 rings (SSSR count). The van der Waals surface area contributed by atoms with Crippen LogP contribution < -0.4 is 5.32 Å². The summed E-state index contributed by atoms with van der Waals surface area (Å²) >= 11 is 0. The number of hydrogen-bond donors (Lipinski definition) is 1. The second-order valence-electron chi connectivity index (χ2n) is 5.58.